The van der Waals surface area contributed by atoms with Crippen LogP contribution < -0.4 is 43.4 Å². The quantitative estimate of drug-likeness (QED) is 0.0587. The second-order valence-electron chi connectivity index (χ2n) is 13.6. The number of halogens is 2. The van der Waals surface area contributed by atoms with Crippen molar-refractivity contribution in [3.63, 3.8) is 0 Å². The van der Waals surface area contributed by atoms with E-state index in [0.29, 0.717) is 47.0 Å². The highest BCUT2D eigenvalue weighted by Gasteiger charge is 2.41. The van der Waals surface area contributed by atoms with Crippen LogP contribution in [0, 0.1) is 22.7 Å². The third-order valence-electron chi connectivity index (χ3n) is 9.31. The molecular formula is C36H48Cl2N14O6. The monoisotopic (exact) mass is 842 g/mol. The highest BCUT2D eigenvalue weighted by atomic mass is 35.5. The standard InChI is InChI=1S/C36H46N14O6.2ClH/c1-47-17-21(11-25(47)33(53)41-9-7-29(37)38)45-35(55)27-13-19(15-49(27)3)43-31(51)23-5-6-24(23)32(52)44-20-14-28(50(4)16-20)36(56)46-22-12-26(48(2)18-22)34(54)42-10-8-30(39)40;;/h11-18,23-24H,5-10H2,1-4H3,(H3,37,38)(H3,39,40)(H,41,53)(H,42,54)(H,43,51)(H,44,52)(H,45,55)(H,46,56);2*1H/t23-,24-;;/m0../s1. The molecule has 58 heavy (non-hydrogen) atoms. The van der Waals surface area contributed by atoms with Gasteiger partial charge < -0.3 is 61.6 Å². The van der Waals surface area contributed by atoms with E-state index in [2.05, 4.69) is 31.9 Å². The molecule has 4 heterocycles. The van der Waals surface area contributed by atoms with Crippen LogP contribution in [0.2, 0.25) is 0 Å². The number of hydrogen-bond acceptors (Lipinski definition) is 8. The third kappa shape index (κ3) is 11.1. The summed E-state index contributed by atoms with van der Waals surface area (Å²) >= 11 is 0. The SMILES string of the molecule is Cl.Cl.Cn1cc(NC(=O)c2cc(NC(=O)[C@H]3CC[C@@H]3C(=O)Nc3cc(C(=O)Nc4cc(C(=O)NCCC(=N)N)n(C)c4)n(C)c3)cn2C)cc1C(=O)NCCC(=N)N. The lowest BCUT2D eigenvalue weighted by Gasteiger charge is -2.33. The first-order valence-electron chi connectivity index (χ1n) is 17.6. The van der Waals surface area contributed by atoms with E-state index < -0.39 is 23.7 Å². The molecular weight excluding hydrogens is 795 g/mol. The van der Waals surface area contributed by atoms with Gasteiger partial charge in [0.2, 0.25) is 11.8 Å². The maximum Gasteiger partial charge on any atom is 0.272 e. The van der Waals surface area contributed by atoms with Gasteiger partial charge in [-0.1, -0.05) is 0 Å². The summed E-state index contributed by atoms with van der Waals surface area (Å²) in [7, 11) is 6.61. The molecule has 22 heteroatoms. The van der Waals surface area contributed by atoms with Crippen molar-refractivity contribution in [2.45, 2.75) is 25.7 Å². The average Bonchev–Trinajstić information content (AvgIpc) is 3.84. The molecule has 5 rings (SSSR count). The van der Waals surface area contributed by atoms with Crippen LogP contribution in [0.15, 0.2) is 49.1 Å². The van der Waals surface area contributed by atoms with Gasteiger partial charge in [0.1, 0.15) is 22.8 Å². The summed E-state index contributed by atoms with van der Waals surface area (Å²) in [4.78, 5) is 77.8. The van der Waals surface area contributed by atoms with Crippen LogP contribution in [0.1, 0.15) is 67.6 Å². The fourth-order valence-electron chi connectivity index (χ4n) is 6.22. The number of amidine groups is 2. The number of nitrogens with zero attached hydrogens (tertiary/aromatic N) is 4. The van der Waals surface area contributed by atoms with E-state index in [4.69, 9.17) is 22.3 Å². The van der Waals surface area contributed by atoms with Gasteiger partial charge in [-0.15, -0.1) is 24.8 Å². The molecule has 0 aliphatic heterocycles. The maximum absolute atomic E-state index is 13.3. The predicted octanol–water partition coefficient (Wildman–Crippen LogP) is 2.10. The summed E-state index contributed by atoms with van der Waals surface area (Å²) in [6.07, 6.45) is 7.73. The van der Waals surface area contributed by atoms with Gasteiger partial charge in [-0.05, 0) is 37.1 Å². The van der Waals surface area contributed by atoms with Crippen molar-refractivity contribution in [2.24, 2.45) is 51.5 Å². The molecule has 2 atom stereocenters. The maximum atomic E-state index is 13.3. The molecule has 4 aromatic heterocycles. The number of nitrogens with two attached hydrogens (primary N) is 2. The Morgan fingerprint density at radius 1 is 0.534 bits per heavy atom. The topological polar surface area (TPSA) is 294 Å². The number of anilines is 4. The molecule has 1 fully saturated rings. The van der Waals surface area contributed by atoms with Gasteiger partial charge in [0.25, 0.3) is 23.6 Å². The second-order valence-corrected chi connectivity index (χ2v) is 13.6. The Bertz CT molecular complexity index is 2080. The van der Waals surface area contributed by atoms with Gasteiger partial charge in [0.15, 0.2) is 0 Å². The number of carbonyl (C=O) groups excluding carboxylic acids is 6. The molecule has 0 saturated heterocycles. The molecule has 6 amide bonds. The van der Waals surface area contributed by atoms with Crippen LogP contribution in [0.25, 0.3) is 0 Å². The second kappa shape index (κ2) is 19.6. The van der Waals surface area contributed by atoms with Crippen molar-refractivity contribution in [1.29, 1.82) is 10.8 Å². The van der Waals surface area contributed by atoms with Crippen molar-refractivity contribution < 1.29 is 28.8 Å². The molecule has 12 N–H and O–H groups in total. The molecule has 1 aliphatic carbocycles. The number of aromatic nitrogens is 4. The van der Waals surface area contributed by atoms with E-state index in [1.807, 2.05) is 0 Å². The fraction of sp³-hybridized carbons (Fsp3) is 0.333. The number of rotatable bonds is 16. The number of nitrogens with one attached hydrogen (secondary N) is 8. The molecule has 0 spiro atoms. The minimum atomic E-state index is -0.616. The van der Waals surface area contributed by atoms with Gasteiger partial charge in [0, 0.05) is 90.7 Å². The van der Waals surface area contributed by atoms with E-state index in [-0.39, 0.29) is 97.4 Å². The van der Waals surface area contributed by atoms with E-state index in [1.54, 1.807) is 71.2 Å². The number of aryl methyl sites for hydroxylation is 4. The van der Waals surface area contributed by atoms with E-state index >= 15 is 0 Å². The van der Waals surface area contributed by atoms with E-state index in [9.17, 15) is 28.8 Å². The molecule has 20 nitrogen and oxygen atoms in total. The summed E-state index contributed by atoms with van der Waals surface area (Å²) in [6.45, 7) is 0.404. The molecule has 0 radical (unpaired) electrons. The molecule has 1 saturated carbocycles. The molecule has 1 aliphatic rings. The van der Waals surface area contributed by atoms with Crippen molar-refractivity contribution in [2.75, 3.05) is 34.4 Å². The van der Waals surface area contributed by atoms with Gasteiger partial charge in [-0.2, -0.15) is 0 Å². The summed E-state index contributed by atoms with van der Waals surface area (Å²) < 4.78 is 6.20. The summed E-state index contributed by atoms with van der Waals surface area (Å²) in [5, 5.41) is 31.0. The Labute approximate surface area is 345 Å². The molecule has 4 aromatic rings. The Morgan fingerprint density at radius 3 is 1.09 bits per heavy atom. The minimum Gasteiger partial charge on any atom is -0.388 e. The Hall–Kier alpha value is -6.54. The van der Waals surface area contributed by atoms with Gasteiger partial charge in [-0.25, -0.2) is 0 Å². The molecule has 0 bridgehead atoms. The zero-order valence-corrected chi connectivity index (χ0v) is 33.9. The zero-order valence-electron chi connectivity index (χ0n) is 32.2. The van der Waals surface area contributed by atoms with Crippen molar-refractivity contribution in [3.05, 3.63) is 71.8 Å². The lowest BCUT2D eigenvalue weighted by atomic mass is 9.72. The minimum absolute atomic E-state index is 0. The first kappa shape index (κ1) is 45.8. The first-order valence-corrected chi connectivity index (χ1v) is 17.6. The highest BCUT2D eigenvalue weighted by molar-refractivity contribution is 6.07. The van der Waals surface area contributed by atoms with Crippen LogP contribution in [-0.2, 0) is 37.8 Å². The van der Waals surface area contributed by atoms with Crippen molar-refractivity contribution >= 4 is 94.7 Å². The number of amides is 6. The van der Waals surface area contributed by atoms with E-state index in [1.165, 1.54) is 24.3 Å². The third-order valence-corrected chi connectivity index (χ3v) is 9.31. The van der Waals surface area contributed by atoms with Gasteiger partial charge in [-0.3, -0.25) is 39.6 Å². The smallest absolute Gasteiger partial charge is 0.272 e. The fourth-order valence-corrected chi connectivity index (χ4v) is 6.22. The van der Waals surface area contributed by atoms with Gasteiger partial charge in [0.05, 0.1) is 34.4 Å². The Balaban J connectivity index is 0.00000450. The normalized spacial score (nSPS) is 14.1. The average molecular weight is 844 g/mol. The lowest BCUT2D eigenvalue weighted by Crippen LogP contribution is -2.43. The van der Waals surface area contributed by atoms with Gasteiger partial charge >= 0.3 is 0 Å². The first-order chi connectivity index (χ1) is 26.5. The van der Waals surface area contributed by atoms with Crippen LogP contribution in [-0.4, -0.2) is 78.5 Å². The highest BCUT2D eigenvalue weighted by Crippen LogP contribution is 2.36. The molecule has 312 valence electrons. The van der Waals surface area contributed by atoms with Crippen molar-refractivity contribution in [1.82, 2.24) is 28.9 Å². The van der Waals surface area contributed by atoms with E-state index in [0.717, 1.165) is 0 Å². The van der Waals surface area contributed by atoms with Crippen LogP contribution in [0.5, 0.6) is 0 Å². The summed E-state index contributed by atoms with van der Waals surface area (Å²) in [5.41, 5.74) is 13.2. The zero-order chi connectivity index (χ0) is 40.8. The Kier molecular flexibility index (Phi) is 15.5. The molecule has 0 aromatic carbocycles. The largest absolute Gasteiger partial charge is 0.388 e. The van der Waals surface area contributed by atoms with Crippen LogP contribution in [0.4, 0.5) is 22.7 Å². The summed E-state index contributed by atoms with van der Waals surface area (Å²) in [6, 6.07) is 6.06. The van der Waals surface area contributed by atoms with Crippen LogP contribution >= 0.6 is 24.8 Å². The molecule has 0 unspecified atom stereocenters. The summed E-state index contributed by atoms with van der Waals surface area (Å²) in [5.74, 6) is -3.79. The predicted molar refractivity (Wildman–Crippen MR) is 223 cm³/mol. The number of hydrogen-bond donors (Lipinski definition) is 10. The van der Waals surface area contributed by atoms with Crippen molar-refractivity contribution in [3.8, 4) is 0 Å². The van der Waals surface area contributed by atoms with Crippen LogP contribution in [0.3, 0.4) is 0 Å². The number of carbonyl (C=O) groups is 6. The Morgan fingerprint density at radius 2 is 0.810 bits per heavy atom. The lowest BCUT2D eigenvalue weighted by molar-refractivity contribution is -0.134.